The predicted octanol–water partition coefficient (Wildman–Crippen LogP) is 4.90. The lowest BCUT2D eigenvalue weighted by atomic mass is 10.0. The Kier molecular flexibility index (Phi) is 3.27. The van der Waals surface area contributed by atoms with Crippen LogP contribution in [-0.4, -0.2) is 6.21 Å². The molecule has 0 unspecified atom stereocenters. The number of nitrogens with zero attached hydrogens (tertiary/aromatic N) is 1. The summed E-state index contributed by atoms with van der Waals surface area (Å²) in [5.41, 5.74) is 8.91. The van der Waals surface area contributed by atoms with E-state index in [-0.39, 0.29) is 0 Å². The summed E-state index contributed by atoms with van der Waals surface area (Å²) >= 11 is 0. The number of rotatable bonds is 3. The van der Waals surface area contributed by atoms with Gasteiger partial charge in [-0.05, 0) is 53.8 Å². The standard InChI is InChI=1S/C20H19N3/c1-13-3-4-15-5-7-18(12-20(15)22-13)23-14(2)16-6-8-19-17(11-16)9-10-21-19/h5-8,10-12,22-23H,1-4,9H2. The molecule has 3 heteroatoms. The third-order valence-electron chi connectivity index (χ3n) is 4.38. The Balaban J connectivity index is 1.55. The second-order valence-corrected chi connectivity index (χ2v) is 6.06. The number of benzene rings is 2. The van der Waals surface area contributed by atoms with Gasteiger partial charge in [0.15, 0.2) is 0 Å². The summed E-state index contributed by atoms with van der Waals surface area (Å²) in [6.45, 7) is 8.21. The molecule has 0 spiro atoms. The maximum atomic E-state index is 4.35. The number of nitrogens with one attached hydrogen (secondary N) is 2. The number of allylic oxidation sites excluding steroid dienone is 1. The Hall–Kier alpha value is -2.81. The van der Waals surface area contributed by atoms with Gasteiger partial charge in [-0.15, -0.1) is 0 Å². The zero-order chi connectivity index (χ0) is 15.8. The lowest BCUT2D eigenvalue weighted by Crippen LogP contribution is -2.09. The minimum absolute atomic E-state index is 0.897. The molecule has 114 valence electrons. The average molecular weight is 301 g/mol. The largest absolute Gasteiger partial charge is 0.359 e. The summed E-state index contributed by atoms with van der Waals surface area (Å²) in [4.78, 5) is 4.35. The van der Waals surface area contributed by atoms with E-state index in [1.165, 1.54) is 11.1 Å². The van der Waals surface area contributed by atoms with E-state index < -0.39 is 0 Å². The molecule has 2 aliphatic heterocycles. The Morgan fingerprint density at radius 3 is 2.91 bits per heavy atom. The van der Waals surface area contributed by atoms with Gasteiger partial charge in [0.25, 0.3) is 0 Å². The highest BCUT2D eigenvalue weighted by atomic mass is 14.9. The first-order chi connectivity index (χ1) is 11.2. The molecule has 0 amide bonds. The first kappa shape index (κ1) is 13.8. The quantitative estimate of drug-likeness (QED) is 0.846. The van der Waals surface area contributed by atoms with Crippen LogP contribution in [0.15, 0.2) is 60.2 Å². The van der Waals surface area contributed by atoms with Gasteiger partial charge in [0, 0.05) is 35.4 Å². The number of fused-ring (bicyclic) bond motifs is 2. The molecule has 0 saturated carbocycles. The van der Waals surface area contributed by atoms with Gasteiger partial charge >= 0.3 is 0 Å². The highest BCUT2D eigenvalue weighted by Gasteiger charge is 2.12. The third kappa shape index (κ3) is 2.66. The van der Waals surface area contributed by atoms with Crippen molar-refractivity contribution in [1.29, 1.82) is 0 Å². The molecule has 0 atom stereocenters. The molecule has 0 radical (unpaired) electrons. The van der Waals surface area contributed by atoms with Crippen molar-refractivity contribution in [2.24, 2.45) is 4.99 Å². The molecular formula is C20H19N3. The van der Waals surface area contributed by atoms with Gasteiger partial charge < -0.3 is 10.6 Å². The van der Waals surface area contributed by atoms with Crippen LogP contribution in [0.1, 0.15) is 23.1 Å². The van der Waals surface area contributed by atoms with Crippen LogP contribution >= 0.6 is 0 Å². The second-order valence-electron chi connectivity index (χ2n) is 6.06. The Bertz CT molecular complexity index is 846. The van der Waals surface area contributed by atoms with Gasteiger partial charge in [-0.2, -0.15) is 0 Å². The second kappa shape index (κ2) is 5.43. The van der Waals surface area contributed by atoms with Crippen LogP contribution in [0.25, 0.3) is 5.70 Å². The molecule has 4 rings (SSSR count). The number of aliphatic imine (C=N–C) groups is 1. The van der Waals surface area contributed by atoms with Gasteiger partial charge in [-0.25, -0.2) is 0 Å². The monoisotopic (exact) mass is 301 g/mol. The van der Waals surface area contributed by atoms with E-state index in [0.29, 0.717) is 0 Å². The van der Waals surface area contributed by atoms with Gasteiger partial charge in [-0.3, -0.25) is 4.99 Å². The smallest absolute Gasteiger partial charge is 0.0661 e. The van der Waals surface area contributed by atoms with Crippen LogP contribution in [0.3, 0.4) is 0 Å². The summed E-state index contributed by atoms with van der Waals surface area (Å²) in [5, 5.41) is 6.78. The van der Waals surface area contributed by atoms with Crippen LogP contribution in [0.5, 0.6) is 0 Å². The molecule has 2 aromatic carbocycles. The van der Waals surface area contributed by atoms with Crippen molar-refractivity contribution in [3.8, 4) is 0 Å². The van der Waals surface area contributed by atoms with E-state index >= 15 is 0 Å². The number of anilines is 2. The average Bonchev–Trinajstić information content (AvgIpc) is 3.02. The van der Waals surface area contributed by atoms with Crippen molar-refractivity contribution in [1.82, 2.24) is 0 Å². The van der Waals surface area contributed by atoms with Gasteiger partial charge in [-0.1, -0.05) is 25.3 Å². The first-order valence-electron chi connectivity index (χ1n) is 7.88. The van der Waals surface area contributed by atoms with Crippen LogP contribution < -0.4 is 10.6 Å². The van der Waals surface area contributed by atoms with Crippen LogP contribution in [0.2, 0.25) is 0 Å². The highest BCUT2D eigenvalue weighted by Crippen LogP contribution is 2.31. The van der Waals surface area contributed by atoms with E-state index in [1.54, 1.807) is 0 Å². The van der Waals surface area contributed by atoms with E-state index in [2.05, 4.69) is 65.2 Å². The fourth-order valence-corrected chi connectivity index (χ4v) is 3.08. The zero-order valence-electron chi connectivity index (χ0n) is 13.0. The molecule has 2 N–H and O–H groups in total. The summed E-state index contributed by atoms with van der Waals surface area (Å²) in [6.07, 6.45) is 4.91. The SMILES string of the molecule is C=C1CCc2ccc(NC(=C)c3ccc4c(c3)CC=N4)cc2N1. The lowest BCUT2D eigenvalue weighted by molar-refractivity contribution is 0.919. The van der Waals surface area contributed by atoms with Crippen molar-refractivity contribution in [2.75, 3.05) is 10.6 Å². The molecule has 2 aromatic rings. The van der Waals surface area contributed by atoms with E-state index in [4.69, 9.17) is 0 Å². The van der Waals surface area contributed by atoms with Crippen molar-refractivity contribution in [3.05, 3.63) is 71.9 Å². The number of hydrogen-bond donors (Lipinski definition) is 2. The van der Waals surface area contributed by atoms with E-state index in [0.717, 1.165) is 53.3 Å². The summed E-state index contributed by atoms with van der Waals surface area (Å²) < 4.78 is 0. The molecule has 2 aliphatic rings. The summed E-state index contributed by atoms with van der Waals surface area (Å²) in [6, 6.07) is 12.7. The van der Waals surface area contributed by atoms with Gasteiger partial charge in [0.1, 0.15) is 0 Å². The highest BCUT2D eigenvalue weighted by molar-refractivity contribution is 5.81. The van der Waals surface area contributed by atoms with Crippen molar-refractivity contribution >= 4 is 29.0 Å². The first-order valence-corrected chi connectivity index (χ1v) is 7.88. The molecule has 3 nitrogen and oxygen atoms in total. The molecule has 0 saturated heterocycles. The molecule has 0 bridgehead atoms. The van der Waals surface area contributed by atoms with E-state index in [9.17, 15) is 0 Å². The zero-order valence-corrected chi connectivity index (χ0v) is 13.0. The topological polar surface area (TPSA) is 36.4 Å². The maximum absolute atomic E-state index is 4.35. The van der Waals surface area contributed by atoms with E-state index in [1.807, 2.05) is 6.21 Å². The predicted molar refractivity (Wildman–Crippen MR) is 98.5 cm³/mol. The normalized spacial score (nSPS) is 14.9. The molecule has 0 aromatic heterocycles. The fourth-order valence-electron chi connectivity index (χ4n) is 3.08. The molecule has 0 aliphatic carbocycles. The third-order valence-corrected chi connectivity index (χ3v) is 4.38. The summed E-state index contributed by atoms with van der Waals surface area (Å²) in [5.74, 6) is 0. The molecule has 23 heavy (non-hydrogen) atoms. The Morgan fingerprint density at radius 2 is 2.00 bits per heavy atom. The minimum Gasteiger partial charge on any atom is -0.359 e. The fraction of sp³-hybridized carbons (Fsp3) is 0.150. The minimum atomic E-state index is 0.897. The number of hydrogen-bond acceptors (Lipinski definition) is 3. The molecule has 2 heterocycles. The molecule has 0 fully saturated rings. The molecular weight excluding hydrogens is 282 g/mol. The lowest BCUT2D eigenvalue weighted by Gasteiger charge is -2.21. The Morgan fingerprint density at radius 1 is 1.09 bits per heavy atom. The van der Waals surface area contributed by atoms with Crippen molar-refractivity contribution < 1.29 is 0 Å². The van der Waals surface area contributed by atoms with Crippen molar-refractivity contribution in [3.63, 3.8) is 0 Å². The maximum Gasteiger partial charge on any atom is 0.0661 e. The van der Waals surface area contributed by atoms with Gasteiger partial charge in [0.05, 0.1) is 5.69 Å². The summed E-state index contributed by atoms with van der Waals surface area (Å²) in [7, 11) is 0. The number of aryl methyl sites for hydroxylation is 1. The van der Waals surface area contributed by atoms with Gasteiger partial charge in [0.2, 0.25) is 0 Å². The Labute approximate surface area is 136 Å². The van der Waals surface area contributed by atoms with Crippen LogP contribution in [0.4, 0.5) is 17.1 Å². The van der Waals surface area contributed by atoms with Crippen LogP contribution in [-0.2, 0) is 12.8 Å². The van der Waals surface area contributed by atoms with Crippen LogP contribution in [0, 0.1) is 0 Å². The van der Waals surface area contributed by atoms with Crippen molar-refractivity contribution in [2.45, 2.75) is 19.3 Å².